The molecule has 0 aromatic heterocycles. The van der Waals surface area contributed by atoms with E-state index in [1.54, 1.807) is 13.4 Å². The highest BCUT2D eigenvalue weighted by Crippen LogP contribution is 1.70. The molecule has 0 heterocycles. The van der Waals surface area contributed by atoms with E-state index in [1.807, 2.05) is 6.92 Å². The molecule has 0 aromatic rings. The fourth-order valence-electron chi connectivity index (χ4n) is 0.175. The molecular formula is C5H12N2. The van der Waals surface area contributed by atoms with Crippen LogP contribution in [0.4, 0.5) is 0 Å². The number of hydrogen-bond donors (Lipinski definition) is 1. The molecule has 0 aliphatic rings. The van der Waals surface area contributed by atoms with E-state index < -0.39 is 0 Å². The lowest BCUT2D eigenvalue weighted by Gasteiger charge is -1.90. The first-order valence-electron chi connectivity index (χ1n) is 2.10. The largest absolute Gasteiger partial charge is 0.351 e. The maximum atomic E-state index is 3.68. The van der Waals surface area contributed by atoms with Crippen molar-refractivity contribution >= 4 is 6.34 Å². The Labute approximate surface area is 45.4 Å². The molecule has 0 aliphatic heterocycles. The lowest BCUT2D eigenvalue weighted by molar-refractivity contribution is 1.15. The molecule has 0 radical (unpaired) electrons. The molecule has 0 spiro atoms. The molecule has 0 fully saturated rings. The molecule has 0 rings (SSSR count). The maximum Gasteiger partial charge on any atom is 0.0861 e. The van der Waals surface area contributed by atoms with Crippen molar-refractivity contribution < 1.29 is 1.43 Å². The first-order valence-corrected chi connectivity index (χ1v) is 2.10. The molecule has 0 aromatic carbocycles. The first kappa shape index (κ1) is 6.21. The van der Waals surface area contributed by atoms with Crippen LogP contribution >= 0.6 is 0 Å². The fourth-order valence-corrected chi connectivity index (χ4v) is 0.175. The van der Waals surface area contributed by atoms with Crippen molar-refractivity contribution in [2.75, 3.05) is 7.05 Å². The summed E-state index contributed by atoms with van der Waals surface area (Å²) in [5.74, 6) is 0. The number of nitrogens with one attached hydrogen (secondary N) is 1. The van der Waals surface area contributed by atoms with Gasteiger partial charge in [0.1, 0.15) is 0 Å². The summed E-state index contributed by atoms with van der Waals surface area (Å²) in [6.07, 6.45) is 1.60. The van der Waals surface area contributed by atoms with E-state index in [0.717, 1.165) is 5.70 Å². The van der Waals surface area contributed by atoms with Crippen molar-refractivity contribution in [3.8, 4) is 0 Å². The zero-order valence-corrected chi connectivity index (χ0v) is 4.73. The highest BCUT2D eigenvalue weighted by Gasteiger charge is 1.69. The average molecular weight is 100 g/mol. The van der Waals surface area contributed by atoms with Gasteiger partial charge in [0.05, 0.1) is 6.34 Å². The molecule has 0 aliphatic carbocycles. The minimum absolute atomic E-state index is 0. The van der Waals surface area contributed by atoms with Crippen LogP contribution in [0.25, 0.3) is 0 Å². The fraction of sp³-hybridized carbons (Fsp3) is 0.400. The Balaban J connectivity index is 0. The lowest BCUT2D eigenvalue weighted by Crippen LogP contribution is -2.05. The highest BCUT2D eigenvalue weighted by molar-refractivity contribution is 5.56. The van der Waals surface area contributed by atoms with Gasteiger partial charge in [-0.2, -0.15) is 0 Å². The van der Waals surface area contributed by atoms with Gasteiger partial charge in [0.25, 0.3) is 0 Å². The van der Waals surface area contributed by atoms with E-state index in [-0.39, 0.29) is 1.43 Å². The van der Waals surface area contributed by atoms with Crippen LogP contribution in [-0.4, -0.2) is 13.4 Å². The van der Waals surface area contributed by atoms with E-state index in [9.17, 15) is 0 Å². The minimum Gasteiger partial charge on any atom is -0.351 e. The Hall–Kier alpha value is -0.790. The van der Waals surface area contributed by atoms with Crippen LogP contribution in [0.5, 0.6) is 0 Å². The Morgan fingerprint density at radius 2 is 2.57 bits per heavy atom. The summed E-state index contributed by atoms with van der Waals surface area (Å²) in [7, 11) is 1.70. The summed E-state index contributed by atoms with van der Waals surface area (Å²) < 4.78 is 0. The molecular weight excluding hydrogens is 88.1 g/mol. The van der Waals surface area contributed by atoms with Crippen molar-refractivity contribution in [1.29, 1.82) is 0 Å². The minimum atomic E-state index is 0. The Bertz CT molecular complexity index is 88.4. The predicted octanol–water partition coefficient (Wildman–Crippen LogP) is 1.01. The van der Waals surface area contributed by atoms with Gasteiger partial charge in [-0.1, -0.05) is 6.58 Å². The van der Waals surface area contributed by atoms with Gasteiger partial charge in [0.2, 0.25) is 0 Å². The quantitative estimate of drug-likeness (QED) is 0.406. The van der Waals surface area contributed by atoms with E-state index in [4.69, 9.17) is 0 Å². The molecule has 42 valence electrons. The summed E-state index contributed by atoms with van der Waals surface area (Å²) in [4.78, 5) is 3.68. The second kappa shape index (κ2) is 3.40. The van der Waals surface area contributed by atoms with E-state index >= 15 is 0 Å². The number of hydrogen-bond acceptors (Lipinski definition) is 1. The molecule has 0 unspecified atom stereocenters. The number of aliphatic imine (C=N–C) groups is 1. The van der Waals surface area contributed by atoms with Crippen LogP contribution in [0, 0.1) is 0 Å². The van der Waals surface area contributed by atoms with Crippen LogP contribution in [0.2, 0.25) is 0 Å². The van der Waals surface area contributed by atoms with Gasteiger partial charge in [-0.15, -0.1) is 0 Å². The zero-order chi connectivity index (χ0) is 5.70. The topological polar surface area (TPSA) is 24.4 Å². The third-order valence-corrected chi connectivity index (χ3v) is 0.440. The van der Waals surface area contributed by atoms with Crippen LogP contribution in [0.3, 0.4) is 0 Å². The van der Waals surface area contributed by atoms with Gasteiger partial charge in [0, 0.05) is 14.2 Å². The van der Waals surface area contributed by atoms with E-state index in [0.29, 0.717) is 0 Å². The molecule has 2 nitrogen and oxygen atoms in total. The summed E-state index contributed by atoms with van der Waals surface area (Å²) in [5.41, 5.74) is 0.908. The van der Waals surface area contributed by atoms with E-state index in [1.165, 1.54) is 0 Å². The van der Waals surface area contributed by atoms with Gasteiger partial charge in [0.15, 0.2) is 0 Å². The van der Waals surface area contributed by atoms with Gasteiger partial charge >= 0.3 is 0 Å². The summed E-state index contributed by atoms with van der Waals surface area (Å²) in [5, 5.41) is 2.81. The van der Waals surface area contributed by atoms with Crippen molar-refractivity contribution in [3.63, 3.8) is 0 Å². The number of rotatable bonds is 2. The van der Waals surface area contributed by atoms with E-state index in [2.05, 4.69) is 16.9 Å². The molecule has 0 bridgehead atoms. The molecule has 0 atom stereocenters. The van der Waals surface area contributed by atoms with Crippen LogP contribution in [0.1, 0.15) is 8.35 Å². The predicted molar refractivity (Wildman–Crippen MR) is 34.5 cm³/mol. The molecule has 2 heteroatoms. The Morgan fingerprint density at radius 3 is 2.71 bits per heavy atom. The highest BCUT2D eigenvalue weighted by atomic mass is 14.9. The zero-order valence-electron chi connectivity index (χ0n) is 4.73. The van der Waals surface area contributed by atoms with Crippen molar-refractivity contribution in [1.82, 2.24) is 5.32 Å². The van der Waals surface area contributed by atoms with Crippen molar-refractivity contribution in [2.24, 2.45) is 4.99 Å². The third-order valence-electron chi connectivity index (χ3n) is 0.440. The number of allylic oxidation sites excluding steroid dienone is 1. The van der Waals surface area contributed by atoms with Crippen LogP contribution < -0.4 is 5.32 Å². The Morgan fingerprint density at radius 1 is 2.00 bits per heavy atom. The molecule has 0 amide bonds. The number of nitrogens with zero attached hydrogens (tertiary/aromatic N) is 1. The second-order valence-electron chi connectivity index (χ2n) is 1.31. The summed E-state index contributed by atoms with van der Waals surface area (Å²) in [6, 6.07) is 0. The molecule has 0 saturated heterocycles. The van der Waals surface area contributed by atoms with Crippen LogP contribution in [-0.2, 0) is 0 Å². The first-order chi connectivity index (χ1) is 3.27. The Kier molecular flexibility index (Phi) is 3.02. The SMILES string of the molecule is C=C(C)NC=NC.[HH]. The molecule has 1 N–H and O–H groups in total. The van der Waals surface area contributed by atoms with Gasteiger partial charge < -0.3 is 5.32 Å². The summed E-state index contributed by atoms with van der Waals surface area (Å²) in [6.45, 7) is 5.47. The third kappa shape index (κ3) is 5.21. The lowest BCUT2D eigenvalue weighted by atomic mass is 10.6. The summed E-state index contributed by atoms with van der Waals surface area (Å²) >= 11 is 0. The second-order valence-corrected chi connectivity index (χ2v) is 1.31. The molecule has 0 saturated carbocycles. The van der Waals surface area contributed by atoms with Gasteiger partial charge in [-0.25, -0.2) is 0 Å². The normalized spacial score (nSPS) is 9.43. The monoisotopic (exact) mass is 100 g/mol. The van der Waals surface area contributed by atoms with Crippen molar-refractivity contribution in [3.05, 3.63) is 12.3 Å². The smallest absolute Gasteiger partial charge is 0.0861 e. The van der Waals surface area contributed by atoms with Gasteiger partial charge in [-0.3, -0.25) is 4.99 Å². The van der Waals surface area contributed by atoms with Gasteiger partial charge in [-0.05, 0) is 6.92 Å². The standard InChI is InChI=1S/C5H10N2.H2/c1-5(2)7-4-6-3;/h4H,1H2,2-3H3,(H,6,7);1H. The average Bonchev–Trinajstić information content (AvgIpc) is 1.61. The maximum absolute atomic E-state index is 3.68. The van der Waals surface area contributed by atoms with Crippen LogP contribution in [0.15, 0.2) is 17.3 Å². The van der Waals surface area contributed by atoms with Crippen molar-refractivity contribution in [2.45, 2.75) is 6.92 Å². The molecule has 7 heavy (non-hydrogen) atoms.